The minimum Gasteiger partial charge on any atom is -0.311 e. The van der Waals surface area contributed by atoms with E-state index in [-0.39, 0.29) is 0 Å². The van der Waals surface area contributed by atoms with Crippen LogP contribution < -0.4 is 9.91 Å². The smallest absolute Gasteiger partial charge is 0.0759 e. The van der Waals surface area contributed by atoms with E-state index >= 15 is 0 Å². The van der Waals surface area contributed by atoms with Crippen molar-refractivity contribution in [3.05, 3.63) is 191 Å². The maximum Gasteiger partial charge on any atom is 0.0759 e. The molecular formula is C43H37N3S. The Labute approximate surface area is 282 Å². The average Bonchev–Trinajstić information content (AvgIpc) is 3.66. The van der Waals surface area contributed by atoms with Crippen LogP contribution in [0.2, 0.25) is 0 Å². The number of thiophene rings is 1. The van der Waals surface area contributed by atoms with Gasteiger partial charge in [-0.05, 0) is 88.1 Å². The first-order valence-electron chi connectivity index (χ1n) is 16.1. The van der Waals surface area contributed by atoms with Gasteiger partial charge in [0.1, 0.15) is 0 Å². The van der Waals surface area contributed by atoms with Crippen LogP contribution in [0.25, 0.3) is 11.1 Å². The highest BCUT2D eigenvalue weighted by Crippen LogP contribution is 2.38. The number of para-hydroxylation sites is 1. The molecule has 0 bridgehead atoms. The van der Waals surface area contributed by atoms with Gasteiger partial charge in [-0.25, -0.2) is 0 Å². The number of nitrogens with zero attached hydrogens (tertiary/aromatic N) is 3. The van der Waals surface area contributed by atoms with Crippen LogP contribution in [-0.2, 0) is 6.54 Å². The zero-order valence-electron chi connectivity index (χ0n) is 26.4. The molecule has 0 radical (unpaired) electrons. The van der Waals surface area contributed by atoms with Gasteiger partial charge in [-0.2, -0.15) is 5.10 Å². The van der Waals surface area contributed by atoms with Gasteiger partial charge in [0.2, 0.25) is 0 Å². The fourth-order valence-electron chi connectivity index (χ4n) is 6.05. The summed E-state index contributed by atoms with van der Waals surface area (Å²) in [5.74, 6) is 0.867. The molecule has 47 heavy (non-hydrogen) atoms. The molecular weight excluding hydrogens is 591 g/mol. The van der Waals surface area contributed by atoms with E-state index in [0.717, 1.165) is 34.9 Å². The molecule has 0 amide bonds. The van der Waals surface area contributed by atoms with Crippen LogP contribution in [0, 0.1) is 5.92 Å². The van der Waals surface area contributed by atoms with Crippen molar-refractivity contribution >= 4 is 40.3 Å². The van der Waals surface area contributed by atoms with Gasteiger partial charge in [-0.3, -0.25) is 5.01 Å². The fourth-order valence-corrected chi connectivity index (χ4v) is 6.74. The van der Waals surface area contributed by atoms with Crippen molar-refractivity contribution < 1.29 is 0 Å². The SMILES string of the molecule is CC1C=CC=CC1c1ccc(N(c2ccc(/C=N\N(Cc3cccs3)c3ccccc3)cc2)c2ccc(-c3ccccc3)cc2)cc1. The predicted molar refractivity (Wildman–Crippen MR) is 201 cm³/mol. The first-order chi connectivity index (χ1) is 23.2. The summed E-state index contributed by atoms with van der Waals surface area (Å²) in [6, 6.07) is 51.7. The summed E-state index contributed by atoms with van der Waals surface area (Å²) < 4.78 is 0. The Hall–Kier alpha value is -5.45. The normalized spacial score (nSPS) is 15.6. The molecule has 0 aliphatic heterocycles. The van der Waals surface area contributed by atoms with E-state index < -0.39 is 0 Å². The molecule has 4 heteroatoms. The lowest BCUT2D eigenvalue weighted by Crippen LogP contribution is -2.15. The summed E-state index contributed by atoms with van der Waals surface area (Å²) in [7, 11) is 0. The van der Waals surface area contributed by atoms with Crippen LogP contribution in [0.3, 0.4) is 0 Å². The van der Waals surface area contributed by atoms with E-state index in [2.05, 4.69) is 186 Å². The largest absolute Gasteiger partial charge is 0.311 e. The van der Waals surface area contributed by atoms with Crippen molar-refractivity contribution in [2.75, 3.05) is 9.91 Å². The van der Waals surface area contributed by atoms with Crippen molar-refractivity contribution in [3.63, 3.8) is 0 Å². The lowest BCUT2D eigenvalue weighted by Gasteiger charge is -2.27. The van der Waals surface area contributed by atoms with Crippen LogP contribution in [0.1, 0.15) is 28.8 Å². The highest BCUT2D eigenvalue weighted by molar-refractivity contribution is 7.09. The van der Waals surface area contributed by atoms with Crippen molar-refractivity contribution in [2.24, 2.45) is 11.0 Å². The third-order valence-electron chi connectivity index (χ3n) is 8.62. The topological polar surface area (TPSA) is 18.8 Å². The zero-order valence-corrected chi connectivity index (χ0v) is 27.2. The number of benzene rings is 5. The van der Waals surface area contributed by atoms with Crippen molar-refractivity contribution in [1.29, 1.82) is 0 Å². The Morgan fingerprint density at radius 3 is 1.83 bits per heavy atom. The summed E-state index contributed by atoms with van der Waals surface area (Å²) in [4.78, 5) is 3.60. The monoisotopic (exact) mass is 627 g/mol. The standard InChI is InChI=1S/C43H37N3S/c1-33-11-8-9-17-43(33)37-22-28-41(29-23-37)46(40-26-20-36(21-27-40)35-12-4-2-5-13-35)39-24-18-34(19-25-39)31-44-45(32-42-16-10-30-47-42)38-14-6-3-7-15-38/h2-31,33,43H,32H2,1H3/b44-31-. The van der Waals surface area contributed by atoms with Gasteiger partial charge in [-0.1, -0.05) is 122 Å². The maximum atomic E-state index is 4.92. The van der Waals surface area contributed by atoms with E-state index in [0.29, 0.717) is 11.8 Å². The molecule has 0 saturated carbocycles. The number of hydrazone groups is 1. The second-order valence-electron chi connectivity index (χ2n) is 11.8. The van der Waals surface area contributed by atoms with Gasteiger partial charge in [0, 0.05) is 27.9 Å². The molecule has 7 rings (SSSR count). The molecule has 5 aromatic carbocycles. The minimum atomic E-state index is 0.390. The number of hydrogen-bond donors (Lipinski definition) is 0. The van der Waals surface area contributed by atoms with Crippen LogP contribution in [-0.4, -0.2) is 6.21 Å². The Bertz CT molecular complexity index is 1940. The number of rotatable bonds is 10. The lowest BCUT2D eigenvalue weighted by atomic mass is 9.84. The van der Waals surface area contributed by atoms with E-state index in [1.165, 1.54) is 21.6 Å². The fraction of sp³-hybridized carbons (Fsp3) is 0.0930. The second kappa shape index (κ2) is 14.3. The molecule has 3 nitrogen and oxygen atoms in total. The lowest BCUT2D eigenvalue weighted by molar-refractivity contribution is 0.635. The summed E-state index contributed by atoms with van der Waals surface area (Å²) in [6.45, 7) is 3.01. The van der Waals surface area contributed by atoms with Gasteiger partial charge in [0.25, 0.3) is 0 Å². The molecule has 1 aliphatic carbocycles. The minimum absolute atomic E-state index is 0.390. The number of allylic oxidation sites excluding steroid dienone is 4. The van der Waals surface area contributed by atoms with Crippen molar-refractivity contribution in [3.8, 4) is 11.1 Å². The van der Waals surface area contributed by atoms with E-state index in [9.17, 15) is 0 Å². The molecule has 1 heterocycles. The third-order valence-corrected chi connectivity index (χ3v) is 9.48. The second-order valence-corrected chi connectivity index (χ2v) is 12.8. The Kier molecular flexibility index (Phi) is 9.21. The van der Waals surface area contributed by atoms with Gasteiger partial charge in [0.15, 0.2) is 0 Å². The van der Waals surface area contributed by atoms with Gasteiger partial charge >= 0.3 is 0 Å². The van der Waals surface area contributed by atoms with E-state index in [1.807, 2.05) is 12.3 Å². The van der Waals surface area contributed by atoms with Gasteiger partial charge in [-0.15, -0.1) is 11.3 Å². The van der Waals surface area contributed by atoms with E-state index in [1.54, 1.807) is 11.3 Å². The molecule has 0 spiro atoms. The summed E-state index contributed by atoms with van der Waals surface area (Å²) >= 11 is 1.75. The third kappa shape index (κ3) is 7.19. The molecule has 230 valence electrons. The maximum absolute atomic E-state index is 4.92. The molecule has 1 aromatic heterocycles. The highest BCUT2D eigenvalue weighted by atomic mass is 32.1. The molecule has 2 atom stereocenters. The van der Waals surface area contributed by atoms with Gasteiger partial charge in [0.05, 0.1) is 18.4 Å². The first kappa shape index (κ1) is 30.2. The van der Waals surface area contributed by atoms with Gasteiger partial charge < -0.3 is 4.90 Å². The average molecular weight is 628 g/mol. The highest BCUT2D eigenvalue weighted by Gasteiger charge is 2.18. The Morgan fingerprint density at radius 2 is 1.19 bits per heavy atom. The Morgan fingerprint density at radius 1 is 0.596 bits per heavy atom. The summed E-state index contributed by atoms with van der Waals surface area (Å²) in [6.07, 6.45) is 10.8. The van der Waals surface area contributed by atoms with Crippen LogP contribution in [0.15, 0.2) is 180 Å². The molecule has 0 N–H and O–H groups in total. The van der Waals surface area contributed by atoms with E-state index in [4.69, 9.17) is 5.10 Å². The molecule has 2 unspecified atom stereocenters. The summed E-state index contributed by atoms with van der Waals surface area (Å²) in [5, 5.41) is 9.09. The summed E-state index contributed by atoms with van der Waals surface area (Å²) in [5.41, 5.74) is 9.18. The zero-order chi connectivity index (χ0) is 31.8. The van der Waals surface area contributed by atoms with Crippen LogP contribution in [0.4, 0.5) is 22.7 Å². The quantitative estimate of drug-likeness (QED) is 0.111. The van der Waals surface area contributed by atoms with Crippen LogP contribution in [0.5, 0.6) is 0 Å². The predicted octanol–water partition coefficient (Wildman–Crippen LogP) is 11.8. The molecule has 0 fully saturated rings. The number of anilines is 4. The first-order valence-corrected chi connectivity index (χ1v) is 17.0. The molecule has 0 saturated heterocycles. The van der Waals surface area contributed by atoms with Crippen LogP contribution >= 0.6 is 11.3 Å². The Balaban J connectivity index is 1.18. The van der Waals surface area contributed by atoms with Crippen molar-refractivity contribution in [1.82, 2.24) is 0 Å². The number of hydrogen-bond acceptors (Lipinski definition) is 4. The molecule has 6 aromatic rings. The molecule has 1 aliphatic rings. The van der Waals surface area contributed by atoms with Crippen molar-refractivity contribution in [2.45, 2.75) is 19.4 Å².